The average molecular weight is 438 g/mol. The summed E-state index contributed by atoms with van der Waals surface area (Å²) in [5.74, 6) is 0.647. The molecule has 0 fully saturated rings. The van der Waals surface area contributed by atoms with E-state index in [9.17, 15) is 14.9 Å². The molecule has 3 N–H and O–H groups in total. The molecule has 0 saturated heterocycles. The molecule has 0 unspecified atom stereocenters. The summed E-state index contributed by atoms with van der Waals surface area (Å²) in [6, 6.07) is 13.9. The molecular weight excluding hydrogens is 416 g/mol. The molecule has 0 bridgehead atoms. The lowest BCUT2D eigenvalue weighted by Crippen LogP contribution is -2.30. The van der Waals surface area contributed by atoms with Gasteiger partial charge >= 0.3 is 5.69 Å². The first-order chi connectivity index (χ1) is 15.5. The van der Waals surface area contributed by atoms with E-state index in [0.29, 0.717) is 30.0 Å². The number of benzene rings is 2. The van der Waals surface area contributed by atoms with Crippen molar-refractivity contribution in [3.63, 3.8) is 0 Å². The lowest BCUT2D eigenvalue weighted by Gasteiger charge is -2.12. The lowest BCUT2D eigenvalue weighted by atomic mass is 10.1. The van der Waals surface area contributed by atoms with Crippen LogP contribution in [0.15, 0.2) is 54.9 Å². The quantitative estimate of drug-likeness (QED) is 0.322. The van der Waals surface area contributed by atoms with E-state index in [1.54, 1.807) is 50.6 Å². The Morgan fingerprint density at radius 3 is 2.44 bits per heavy atom. The standard InChI is InChI=1S/C21H22N6O5/c1-31-16-9-8-14(12-17(16)32-2)10-11-22-19-18(27(29)30)20(24-13-23-19)25-26-21(28)15-6-4-3-5-7-15/h3-9,12-13H,10-11H2,1-2H3,(H,26,28)(H2,22,23,24,25). The second kappa shape index (κ2) is 10.6. The summed E-state index contributed by atoms with van der Waals surface area (Å²) < 4.78 is 10.5. The zero-order chi connectivity index (χ0) is 22.9. The van der Waals surface area contributed by atoms with Crippen molar-refractivity contribution in [2.75, 3.05) is 31.5 Å². The number of carbonyl (C=O) groups is 1. The number of methoxy groups -OCH3 is 2. The van der Waals surface area contributed by atoms with Crippen molar-refractivity contribution in [1.82, 2.24) is 15.4 Å². The van der Waals surface area contributed by atoms with E-state index in [-0.39, 0.29) is 17.3 Å². The number of hydrazine groups is 1. The van der Waals surface area contributed by atoms with Crippen LogP contribution < -0.4 is 25.6 Å². The number of ether oxygens (including phenoxy) is 2. The highest BCUT2D eigenvalue weighted by molar-refractivity contribution is 5.95. The maximum atomic E-state index is 12.2. The Hall–Kier alpha value is -4.41. The molecule has 0 aliphatic carbocycles. The normalized spacial score (nSPS) is 10.2. The van der Waals surface area contributed by atoms with Crippen LogP contribution in [0.5, 0.6) is 11.5 Å². The van der Waals surface area contributed by atoms with Gasteiger partial charge in [-0.1, -0.05) is 24.3 Å². The SMILES string of the molecule is COc1ccc(CCNc2ncnc(NNC(=O)c3ccccc3)c2[N+](=O)[O-])cc1OC. The van der Waals surface area contributed by atoms with E-state index < -0.39 is 10.8 Å². The minimum absolute atomic E-state index is 0.0296. The van der Waals surface area contributed by atoms with Crippen molar-refractivity contribution in [2.45, 2.75) is 6.42 Å². The van der Waals surface area contributed by atoms with Crippen LogP contribution in [0, 0.1) is 10.1 Å². The molecule has 0 aliphatic rings. The van der Waals surface area contributed by atoms with Gasteiger partial charge in [-0.3, -0.25) is 25.8 Å². The second-order valence-corrected chi connectivity index (χ2v) is 6.49. The number of rotatable bonds is 10. The summed E-state index contributed by atoms with van der Waals surface area (Å²) in [6.07, 6.45) is 1.72. The van der Waals surface area contributed by atoms with Gasteiger partial charge in [0.15, 0.2) is 11.5 Å². The molecule has 1 aromatic heterocycles. The highest BCUT2D eigenvalue weighted by Crippen LogP contribution is 2.29. The van der Waals surface area contributed by atoms with E-state index in [1.807, 2.05) is 12.1 Å². The fraction of sp³-hybridized carbons (Fsp3) is 0.190. The van der Waals surface area contributed by atoms with Gasteiger partial charge in [0.25, 0.3) is 5.91 Å². The Kier molecular flexibility index (Phi) is 7.36. The largest absolute Gasteiger partial charge is 0.493 e. The third-order valence-electron chi connectivity index (χ3n) is 4.49. The average Bonchev–Trinajstić information content (AvgIpc) is 2.82. The van der Waals surface area contributed by atoms with Crippen LogP contribution in [0.25, 0.3) is 0 Å². The number of hydrogen-bond acceptors (Lipinski definition) is 9. The fourth-order valence-electron chi connectivity index (χ4n) is 2.91. The molecule has 0 aliphatic heterocycles. The van der Waals surface area contributed by atoms with Crippen LogP contribution in [0.2, 0.25) is 0 Å². The molecule has 11 nitrogen and oxygen atoms in total. The van der Waals surface area contributed by atoms with Gasteiger partial charge in [-0.2, -0.15) is 0 Å². The van der Waals surface area contributed by atoms with Crippen LogP contribution in [0.4, 0.5) is 17.3 Å². The minimum Gasteiger partial charge on any atom is -0.493 e. The van der Waals surface area contributed by atoms with Gasteiger partial charge in [-0.05, 0) is 36.2 Å². The zero-order valence-corrected chi connectivity index (χ0v) is 17.5. The van der Waals surface area contributed by atoms with Crippen LogP contribution >= 0.6 is 0 Å². The predicted octanol–water partition coefficient (Wildman–Crippen LogP) is 2.81. The molecule has 3 aromatic rings. The third-order valence-corrected chi connectivity index (χ3v) is 4.49. The monoisotopic (exact) mass is 438 g/mol. The number of nitrogens with zero attached hydrogens (tertiary/aromatic N) is 3. The van der Waals surface area contributed by atoms with Crippen LogP contribution in [-0.4, -0.2) is 41.6 Å². The molecule has 1 heterocycles. The molecule has 0 atom stereocenters. The number of carbonyl (C=O) groups excluding carboxylic acids is 1. The molecule has 2 aromatic carbocycles. The van der Waals surface area contributed by atoms with Crippen molar-refractivity contribution >= 4 is 23.2 Å². The number of aromatic nitrogens is 2. The van der Waals surface area contributed by atoms with Crippen molar-refractivity contribution < 1.29 is 19.2 Å². The predicted molar refractivity (Wildman–Crippen MR) is 118 cm³/mol. The lowest BCUT2D eigenvalue weighted by molar-refractivity contribution is -0.383. The highest BCUT2D eigenvalue weighted by atomic mass is 16.6. The van der Waals surface area contributed by atoms with Gasteiger partial charge in [0.1, 0.15) is 6.33 Å². The first-order valence-corrected chi connectivity index (χ1v) is 9.59. The van der Waals surface area contributed by atoms with E-state index in [2.05, 4.69) is 26.1 Å². The van der Waals surface area contributed by atoms with Gasteiger partial charge in [0.2, 0.25) is 11.6 Å². The molecular formula is C21H22N6O5. The summed E-state index contributed by atoms with van der Waals surface area (Å²) in [7, 11) is 3.11. The smallest absolute Gasteiger partial charge is 0.354 e. The van der Waals surface area contributed by atoms with Crippen LogP contribution in [-0.2, 0) is 6.42 Å². The minimum atomic E-state index is -0.615. The summed E-state index contributed by atoms with van der Waals surface area (Å²) in [4.78, 5) is 31.1. The first kappa shape index (κ1) is 22.3. The van der Waals surface area contributed by atoms with E-state index in [1.165, 1.54) is 6.33 Å². The maximum absolute atomic E-state index is 12.2. The Morgan fingerprint density at radius 2 is 1.75 bits per heavy atom. The van der Waals surface area contributed by atoms with Crippen molar-refractivity contribution in [2.24, 2.45) is 0 Å². The summed E-state index contributed by atoms with van der Waals surface area (Å²) in [5, 5.41) is 14.6. The number of nitrogens with one attached hydrogen (secondary N) is 3. The molecule has 0 radical (unpaired) electrons. The Balaban J connectivity index is 1.68. The van der Waals surface area contributed by atoms with Crippen LogP contribution in [0.3, 0.4) is 0 Å². The van der Waals surface area contributed by atoms with Crippen molar-refractivity contribution in [3.05, 3.63) is 76.1 Å². The molecule has 11 heteroatoms. The molecule has 166 valence electrons. The number of hydrogen-bond donors (Lipinski definition) is 3. The Morgan fingerprint density at radius 1 is 1.03 bits per heavy atom. The molecule has 1 amide bonds. The van der Waals surface area contributed by atoms with Crippen molar-refractivity contribution in [1.29, 1.82) is 0 Å². The van der Waals surface area contributed by atoms with Gasteiger partial charge in [0, 0.05) is 12.1 Å². The maximum Gasteiger partial charge on any atom is 0.354 e. The number of nitro groups is 1. The van der Waals surface area contributed by atoms with Gasteiger partial charge in [-0.15, -0.1) is 0 Å². The van der Waals surface area contributed by atoms with E-state index in [4.69, 9.17) is 9.47 Å². The van der Waals surface area contributed by atoms with Crippen LogP contribution in [0.1, 0.15) is 15.9 Å². The molecule has 0 spiro atoms. The topological polar surface area (TPSA) is 141 Å². The second-order valence-electron chi connectivity index (χ2n) is 6.49. The fourth-order valence-corrected chi connectivity index (χ4v) is 2.91. The summed E-state index contributed by atoms with van der Waals surface area (Å²) >= 11 is 0. The molecule has 32 heavy (non-hydrogen) atoms. The molecule has 3 rings (SSSR count). The zero-order valence-electron chi connectivity index (χ0n) is 17.5. The summed E-state index contributed by atoms with van der Waals surface area (Å²) in [6.45, 7) is 0.364. The van der Waals surface area contributed by atoms with Gasteiger partial charge in [0.05, 0.1) is 19.1 Å². The Labute approximate surface area is 183 Å². The van der Waals surface area contributed by atoms with E-state index >= 15 is 0 Å². The number of anilines is 2. The summed E-state index contributed by atoms with van der Waals surface area (Å²) in [5.41, 5.74) is 5.87. The Bertz CT molecular complexity index is 1090. The molecule has 0 saturated carbocycles. The van der Waals surface area contributed by atoms with Gasteiger partial charge < -0.3 is 14.8 Å². The first-order valence-electron chi connectivity index (χ1n) is 9.59. The number of amides is 1. The third kappa shape index (κ3) is 5.39. The van der Waals surface area contributed by atoms with E-state index in [0.717, 1.165) is 5.56 Å². The van der Waals surface area contributed by atoms with Crippen molar-refractivity contribution in [3.8, 4) is 11.5 Å². The van der Waals surface area contributed by atoms with Gasteiger partial charge in [-0.25, -0.2) is 9.97 Å². The highest BCUT2D eigenvalue weighted by Gasteiger charge is 2.23.